The molecule has 2 amide bonds. The Kier molecular flexibility index (Phi) is 8.50. The first kappa shape index (κ1) is 24.8. The van der Waals surface area contributed by atoms with E-state index in [1.807, 2.05) is 44.2 Å². The van der Waals surface area contributed by atoms with Crippen molar-refractivity contribution in [2.75, 3.05) is 0 Å². The van der Waals surface area contributed by atoms with Crippen LogP contribution in [0.5, 0.6) is 0 Å². The molecule has 0 aliphatic rings. The summed E-state index contributed by atoms with van der Waals surface area (Å²) in [7, 11) is -1.67. The van der Waals surface area contributed by atoms with E-state index >= 15 is 0 Å². The average molecular weight is 467 g/mol. The monoisotopic (exact) mass is 466 g/mol. The number of nitrogens with one attached hydrogen (secondary N) is 2. The van der Waals surface area contributed by atoms with E-state index in [4.69, 9.17) is 11.6 Å². The minimum atomic E-state index is -1.67. The molecule has 0 aromatic heterocycles. The lowest BCUT2D eigenvalue weighted by molar-refractivity contribution is -0.122. The van der Waals surface area contributed by atoms with Gasteiger partial charge in [-0.15, -0.1) is 0 Å². The fourth-order valence-electron chi connectivity index (χ4n) is 3.76. The van der Waals surface area contributed by atoms with Gasteiger partial charge in [-0.1, -0.05) is 67.9 Å². The molecule has 0 aliphatic carbocycles. The number of halogens is 1. The van der Waals surface area contributed by atoms with E-state index in [-0.39, 0.29) is 18.2 Å². The van der Waals surface area contributed by atoms with Crippen LogP contribution in [0.15, 0.2) is 66.7 Å². The zero-order valence-corrected chi connectivity index (χ0v) is 19.4. The van der Waals surface area contributed by atoms with Crippen LogP contribution in [-0.4, -0.2) is 34.9 Å². The second kappa shape index (κ2) is 11.3. The predicted octanol–water partition coefficient (Wildman–Crippen LogP) is 3.90. The second-order valence-electron chi connectivity index (χ2n) is 8.56. The van der Waals surface area contributed by atoms with E-state index in [0.717, 1.165) is 10.8 Å². The van der Waals surface area contributed by atoms with E-state index < -0.39 is 25.0 Å². The number of fused-ring (bicyclic) bond motifs is 1. The molecule has 0 spiro atoms. The summed E-state index contributed by atoms with van der Waals surface area (Å²) < 4.78 is 0. The maximum atomic E-state index is 13.1. The fraction of sp³-hybridized carbons (Fsp3) is 0.280. The molecule has 0 aliphatic heterocycles. The summed E-state index contributed by atoms with van der Waals surface area (Å²) in [5, 5.41) is 27.3. The van der Waals surface area contributed by atoms with Crippen LogP contribution in [-0.2, 0) is 4.79 Å². The number of rotatable bonds is 9. The molecular formula is C25H28BClN2O4. The van der Waals surface area contributed by atoms with Crippen molar-refractivity contribution in [2.45, 2.75) is 38.7 Å². The molecule has 0 radical (unpaired) electrons. The molecule has 3 rings (SSSR count). The van der Waals surface area contributed by atoms with Crippen LogP contribution >= 0.6 is 11.6 Å². The Morgan fingerprint density at radius 2 is 1.67 bits per heavy atom. The third-order valence-electron chi connectivity index (χ3n) is 5.39. The average Bonchev–Trinajstić information content (AvgIpc) is 2.77. The van der Waals surface area contributed by atoms with Crippen molar-refractivity contribution in [3.8, 4) is 0 Å². The summed E-state index contributed by atoms with van der Waals surface area (Å²) in [6, 6.07) is 19.5. The van der Waals surface area contributed by atoms with Crippen molar-refractivity contribution in [1.82, 2.24) is 10.6 Å². The van der Waals surface area contributed by atoms with Gasteiger partial charge in [0.2, 0.25) is 5.91 Å². The lowest BCUT2D eigenvalue weighted by Gasteiger charge is -2.23. The van der Waals surface area contributed by atoms with Gasteiger partial charge in [0.15, 0.2) is 0 Å². The van der Waals surface area contributed by atoms with Crippen molar-refractivity contribution in [1.29, 1.82) is 0 Å². The quantitative estimate of drug-likeness (QED) is 0.359. The minimum absolute atomic E-state index is 0.0824. The molecule has 1 unspecified atom stereocenters. The summed E-state index contributed by atoms with van der Waals surface area (Å²) in [5.41, 5.74) is 1.15. The van der Waals surface area contributed by atoms with E-state index in [1.54, 1.807) is 36.4 Å². The van der Waals surface area contributed by atoms with Gasteiger partial charge in [0, 0.05) is 10.6 Å². The minimum Gasteiger partial charge on any atom is -0.426 e. The Bertz CT molecular complexity index is 1120. The van der Waals surface area contributed by atoms with Gasteiger partial charge in [-0.3, -0.25) is 9.59 Å². The highest BCUT2D eigenvalue weighted by molar-refractivity contribution is 6.43. The summed E-state index contributed by atoms with van der Waals surface area (Å²) in [6.07, 6.45) is 0.329. The highest BCUT2D eigenvalue weighted by Gasteiger charge is 2.28. The number of benzene rings is 3. The Hall–Kier alpha value is -2.87. The topological polar surface area (TPSA) is 98.7 Å². The molecule has 4 N–H and O–H groups in total. The van der Waals surface area contributed by atoms with Gasteiger partial charge in [0.05, 0.1) is 18.4 Å². The zero-order valence-electron chi connectivity index (χ0n) is 18.7. The normalized spacial score (nSPS) is 12.9. The summed E-state index contributed by atoms with van der Waals surface area (Å²) >= 11 is 6.15. The number of hydrogen-bond donors (Lipinski definition) is 4. The molecule has 0 fully saturated rings. The third kappa shape index (κ3) is 7.06. The molecule has 3 aromatic carbocycles. The molecule has 8 heteroatoms. The first-order valence-corrected chi connectivity index (χ1v) is 11.3. The molecular weight excluding hydrogens is 439 g/mol. The van der Waals surface area contributed by atoms with E-state index in [0.29, 0.717) is 22.6 Å². The van der Waals surface area contributed by atoms with Crippen molar-refractivity contribution in [3.63, 3.8) is 0 Å². The zero-order chi connectivity index (χ0) is 24.0. The predicted molar refractivity (Wildman–Crippen MR) is 132 cm³/mol. The van der Waals surface area contributed by atoms with Crippen LogP contribution in [0.2, 0.25) is 5.02 Å². The number of amides is 2. The molecule has 0 saturated carbocycles. The van der Waals surface area contributed by atoms with E-state index in [1.165, 1.54) is 0 Å². The molecule has 2 atom stereocenters. The first-order valence-electron chi connectivity index (χ1n) is 10.9. The third-order valence-corrected chi connectivity index (χ3v) is 5.62. The standard InChI is InChI=1S/C25H28BClN2O4/c1-16(2)12-23(26(32)33)29-24(30)15-22(19-8-5-9-21(27)14-19)28-25(31)20-11-10-17-6-3-4-7-18(17)13-20/h3-11,13-14,16,22-23,32-33H,12,15H2,1-2H3,(H,28,31)(H,29,30)/t22?,23-/m0/s1. The van der Waals surface area contributed by atoms with Gasteiger partial charge < -0.3 is 20.7 Å². The van der Waals surface area contributed by atoms with Gasteiger partial charge in [-0.05, 0) is 52.9 Å². The Labute approximate surface area is 199 Å². The molecule has 0 heterocycles. The molecule has 0 saturated heterocycles. The molecule has 172 valence electrons. The van der Waals surface area contributed by atoms with Crippen LogP contribution in [0.4, 0.5) is 0 Å². The lowest BCUT2D eigenvalue weighted by atomic mass is 9.75. The fourth-order valence-corrected chi connectivity index (χ4v) is 3.96. The van der Waals surface area contributed by atoms with Gasteiger partial charge in [-0.25, -0.2) is 0 Å². The van der Waals surface area contributed by atoms with Crippen LogP contribution in [0, 0.1) is 5.92 Å². The van der Waals surface area contributed by atoms with E-state index in [9.17, 15) is 19.6 Å². The van der Waals surface area contributed by atoms with Crippen molar-refractivity contribution >= 4 is 41.3 Å². The molecule has 0 bridgehead atoms. The van der Waals surface area contributed by atoms with Gasteiger partial charge in [0.25, 0.3) is 5.91 Å². The van der Waals surface area contributed by atoms with Gasteiger partial charge in [-0.2, -0.15) is 0 Å². The lowest BCUT2D eigenvalue weighted by Crippen LogP contribution is -2.48. The molecule has 33 heavy (non-hydrogen) atoms. The van der Waals surface area contributed by atoms with Crippen LogP contribution in [0.1, 0.15) is 48.7 Å². The highest BCUT2D eigenvalue weighted by atomic mass is 35.5. The van der Waals surface area contributed by atoms with Crippen molar-refractivity contribution in [2.24, 2.45) is 5.92 Å². The van der Waals surface area contributed by atoms with Crippen molar-refractivity contribution in [3.05, 3.63) is 82.9 Å². The van der Waals surface area contributed by atoms with Gasteiger partial charge >= 0.3 is 7.12 Å². The summed E-state index contributed by atoms with van der Waals surface area (Å²) in [5.74, 6) is -1.36. The smallest absolute Gasteiger partial charge is 0.426 e. The van der Waals surface area contributed by atoms with Gasteiger partial charge in [0.1, 0.15) is 0 Å². The van der Waals surface area contributed by atoms with Crippen LogP contribution < -0.4 is 10.6 Å². The largest absolute Gasteiger partial charge is 0.475 e. The summed E-state index contributed by atoms with van der Waals surface area (Å²) in [6.45, 7) is 3.86. The highest BCUT2D eigenvalue weighted by Crippen LogP contribution is 2.23. The van der Waals surface area contributed by atoms with Crippen molar-refractivity contribution < 1.29 is 19.6 Å². The Balaban J connectivity index is 1.80. The Morgan fingerprint density at radius 1 is 0.939 bits per heavy atom. The maximum absolute atomic E-state index is 13.1. The number of carbonyl (C=O) groups is 2. The second-order valence-corrected chi connectivity index (χ2v) is 9.00. The Morgan fingerprint density at radius 3 is 2.33 bits per heavy atom. The maximum Gasteiger partial charge on any atom is 0.475 e. The summed E-state index contributed by atoms with van der Waals surface area (Å²) in [4.78, 5) is 25.8. The molecule has 6 nitrogen and oxygen atoms in total. The van der Waals surface area contributed by atoms with Crippen LogP contribution in [0.25, 0.3) is 10.8 Å². The number of carbonyl (C=O) groups excluding carboxylic acids is 2. The number of hydrogen-bond acceptors (Lipinski definition) is 4. The first-order chi connectivity index (χ1) is 15.7. The SMILES string of the molecule is CC(C)C[C@H](NC(=O)CC(NC(=O)c1ccc2ccccc2c1)c1cccc(Cl)c1)B(O)O. The van der Waals surface area contributed by atoms with E-state index in [2.05, 4.69) is 10.6 Å². The molecule has 3 aromatic rings. The van der Waals surface area contributed by atoms with Crippen LogP contribution in [0.3, 0.4) is 0 Å².